The molecule has 0 aliphatic heterocycles. The van der Waals surface area contributed by atoms with Crippen molar-refractivity contribution in [3.8, 4) is 0 Å². The Bertz CT molecular complexity index is 496. The smallest absolute Gasteiger partial charge is 0.334 e. The molecular formula is C28H52O4. The largest absolute Gasteiger partial charge is 0.462 e. The molecule has 0 unspecified atom stereocenters. The van der Waals surface area contributed by atoms with Crippen molar-refractivity contribution < 1.29 is 19.1 Å². The third-order valence-electron chi connectivity index (χ3n) is 6.00. The monoisotopic (exact) mass is 452 g/mol. The van der Waals surface area contributed by atoms with Gasteiger partial charge >= 0.3 is 11.9 Å². The van der Waals surface area contributed by atoms with E-state index in [1.54, 1.807) is 6.92 Å². The second-order valence-electron chi connectivity index (χ2n) is 9.08. The van der Waals surface area contributed by atoms with Gasteiger partial charge in [0.1, 0.15) is 0 Å². The first-order chi connectivity index (χ1) is 15.6. The fraction of sp³-hybridized carbons (Fsp3) is 0.857. The minimum atomic E-state index is -0.362. The molecule has 0 aromatic heterocycles. The summed E-state index contributed by atoms with van der Waals surface area (Å²) in [6.45, 7) is 9.19. The lowest BCUT2D eigenvalue weighted by Crippen LogP contribution is -2.16. The zero-order valence-electron chi connectivity index (χ0n) is 21.8. The quantitative estimate of drug-likeness (QED) is 0.0938. The first kappa shape index (κ1) is 30.7. The highest BCUT2D eigenvalue weighted by Crippen LogP contribution is 2.18. The van der Waals surface area contributed by atoms with Crippen LogP contribution >= 0.6 is 0 Å². The standard InChI is InChI=1S/C28H52O4/c1-5-8-11-14-17-20-23-31-27(29)25(4)26(22-19-16-13-10-7-3)28(30)32-24-21-18-15-12-9-6-2/h5-24H2,1-4H3/b26-25-. The SMILES string of the molecule is CCCCCCCCOC(=O)/C(C)=C(/CCCCCCC)C(=O)OCCCCCCCC. The lowest BCUT2D eigenvalue weighted by atomic mass is 10.0. The third kappa shape index (κ3) is 17.3. The highest BCUT2D eigenvalue weighted by molar-refractivity contribution is 5.99. The van der Waals surface area contributed by atoms with Gasteiger partial charge in [-0.15, -0.1) is 0 Å². The van der Waals surface area contributed by atoms with Crippen LogP contribution in [-0.4, -0.2) is 25.2 Å². The van der Waals surface area contributed by atoms with Crippen molar-refractivity contribution in [2.45, 2.75) is 143 Å². The molecule has 0 N–H and O–H groups in total. The Morgan fingerprint density at radius 1 is 0.500 bits per heavy atom. The van der Waals surface area contributed by atoms with Crippen LogP contribution in [0, 0.1) is 0 Å². The normalized spacial score (nSPS) is 11.9. The average molecular weight is 453 g/mol. The second kappa shape index (κ2) is 22.9. The molecule has 0 atom stereocenters. The fourth-order valence-corrected chi connectivity index (χ4v) is 3.76. The van der Waals surface area contributed by atoms with Crippen LogP contribution in [0.1, 0.15) is 143 Å². The molecule has 0 aliphatic carbocycles. The summed E-state index contributed by atoms with van der Waals surface area (Å²) in [5.41, 5.74) is 0.944. The summed E-state index contributed by atoms with van der Waals surface area (Å²) in [6.07, 6.45) is 20.0. The zero-order valence-corrected chi connectivity index (χ0v) is 21.8. The van der Waals surface area contributed by atoms with Gasteiger partial charge in [-0.1, -0.05) is 111 Å². The molecule has 0 fully saturated rings. The van der Waals surface area contributed by atoms with Gasteiger partial charge in [-0.2, -0.15) is 0 Å². The summed E-state index contributed by atoms with van der Waals surface area (Å²) in [5, 5.41) is 0. The van der Waals surface area contributed by atoms with Crippen molar-refractivity contribution in [2.24, 2.45) is 0 Å². The zero-order chi connectivity index (χ0) is 23.9. The third-order valence-corrected chi connectivity index (χ3v) is 6.00. The Morgan fingerprint density at radius 2 is 0.875 bits per heavy atom. The van der Waals surface area contributed by atoms with Crippen molar-refractivity contribution >= 4 is 11.9 Å². The summed E-state index contributed by atoms with van der Waals surface area (Å²) >= 11 is 0. The lowest BCUT2D eigenvalue weighted by molar-refractivity contribution is -0.142. The van der Waals surface area contributed by atoms with Crippen LogP contribution in [0.25, 0.3) is 0 Å². The van der Waals surface area contributed by atoms with Crippen LogP contribution in [-0.2, 0) is 19.1 Å². The molecule has 4 heteroatoms. The fourth-order valence-electron chi connectivity index (χ4n) is 3.76. The minimum Gasteiger partial charge on any atom is -0.462 e. The van der Waals surface area contributed by atoms with E-state index in [1.165, 1.54) is 64.2 Å². The number of carbonyl (C=O) groups is 2. The van der Waals surface area contributed by atoms with Crippen molar-refractivity contribution in [1.29, 1.82) is 0 Å². The topological polar surface area (TPSA) is 52.6 Å². The Hall–Kier alpha value is -1.32. The van der Waals surface area contributed by atoms with Gasteiger partial charge in [0.2, 0.25) is 0 Å². The van der Waals surface area contributed by atoms with Crippen LogP contribution in [0.2, 0.25) is 0 Å². The molecule has 32 heavy (non-hydrogen) atoms. The van der Waals surface area contributed by atoms with E-state index in [0.29, 0.717) is 30.8 Å². The summed E-state index contributed by atoms with van der Waals surface area (Å²) in [4.78, 5) is 25.3. The maximum Gasteiger partial charge on any atom is 0.334 e. The number of ether oxygens (including phenoxy) is 2. The molecule has 4 nitrogen and oxygen atoms in total. The van der Waals surface area contributed by atoms with E-state index in [4.69, 9.17) is 9.47 Å². The van der Waals surface area contributed by atoms with E-state index < -0.39 is 0 Å². The number of hydrogen-bond donors (Lipinski definition) is 0. The van der Waals surface area contributed by atoms with E-state index in [2.05, 4.69) is 20.8 Å². The summed E-state index contributed by atoms with van der Waals surface area (Å²) < 4.78 is 11.0. The maximum absolute atomic E-state index is 12.7. The molecule has 0 radical (unpaired) electrons. The summed E-state index contributed by atoms with van der Waals surface area (Å²) in [5.74, 6) is -0.693. The molecular weight excluding hydrogens is 400 g/mol. The molecule has 188 valence electrons. The number of carbonyl (C=O) groups excluding carboxylic acids is 2. The Balaban J connectivity index is 4.58. The molecule has 0 saturated heterocycles. The Morgan fingerprint density at radius 3 is 1.34 bits per heavy atom. The van der Waals surface area contributed by atoms with Gasteiger partial charge in [0.25, 0.3) is 0 Å². The second-order valence-corrected chi connectivity index (χ2v) is 9.08. The number of esters is 2. The predicted octanol–water partition coefficient (Wildman–Crippen LogP) is 8.47. The van der Waals surface area contributed by atoms with Crippen molar-refractivity contribution in [2.75, 3.05) is 13.2 Å². The molecule has 0 bridgehead atoms. The number of hydrogen-bond acceptors (Lipinski definition) is 4. The van der Waals surface area contributed by atoms with Crippen molar-refractivity contribution in [3.63, 3.8) is 0 Å². The van der Waals surface area contributed by atoms with Gasteiger partial charge in [-0.3, -0.25) is 0 Å². The molecule has 0 aromatic carbocycles. The predicted molar refractivity (Wildman–Crippen MR) is 135 cm³/mol. The van der Waals surface area contributed by atoms with Gasteiger partial charge in [-0.25, -0.2) is 9.59 Å². The van der Waals surface area contributed by atoms with Gasteiger partial charge in [0.05, 0.1) is 13.2 Å². The van der Waals surface area contributed by atoms with E-state index in [-0.39, 0.29) is 11.9 Å². The van der Waals surface area contributed by atoms with Crippen LogP contribution in [0.5, 0.6) is 0 Å². The van der Waals surface area contributed by atoms with Crippen LogP contribution in [0.3, 0.4) is 0 Å². The Labute approximate surface area is 198 Å². The van der Waals surface area contributed by atoms with Gasteiger partial charge in [0, 0.05) is 11.1 Å². The molecule has 0 saturated carbocycles. The van der Waals surface area contributed by atoms with Crippen LogP contribution in [0.4, 0.5) is 0 Å². The van der Waals surface area contributed by atoms with E-state index in [0.717, 1.165) is 44.9 Å². The van der Waals surface area contributed by atoms with Crippen molar-refractivity contribution in [3.05, 3.63) is 11.1 Å². The highest BCUT2D eigenvalue weighted by atomic mass is 16.5. The van der Waals surface area contributed by atoms with Gasteiger partial charge < -0.3 is 9.47 Å². The molecule has 0 spiro atoms. The minimum absolute atomic E-state index is 0.330. The lowest BCUT2D eigenvalue weighted by Gasteiger charge is -2.12. The van der Waals surface area contributed by atoms with Gasteiger partial charge in [0.15, 0.2) is 0 Å². The number of unbranched alkanes of at least 4 members (excludes halogenated alkanes) is 14. The van der Waals surface area contributed by atoms with Gasteiger partial charge in [-0.05, 0) is 32.6 Å². The maximum atomic E-state index is 12.7. The first-order valence-corrected chi connectivity index (χ1v) is 13.6. The molecule has 0 heterocycles. The van der Waals surface area contributed by atoms with Crippen LogP contribution < -0.4 is 0 Å². The number of rotatable bonds is 22. The first-order valence-electron chi connectivity index (χ1n) is 13.6. The van der Waals surface area contributed by atoms with E-state index in [9.17, 15) is 9.59 Å². The average Bonchev–Trinajstić information content (AvgIpc) is 2.79. The molecule has 0 rings (SSSR count). The molecule has 0 aliphatic rings. The van der Waals surface area contributed by atoms with E-state index >= 15 is 0 Å². The molecule has 0 amide bonds. The van der Waals surface area contributed by atoms with Crippen LogP contribution in [0.15, 0.2) is 11.1 Å². The highest BCUT2D eigenvalue weighted by Gasteiger charge is 2.19. The van der Waals surface area contributed by atoms with E-state index in [1.807, 2.05) is 0 Å². The summed E-state index contributed by atoms with van der Waals surface area (Å²) in [7, 11) is 0. The van der Waals surface area contributed by atoms with Crippen molar-refractivity contribution in [1.82, 2.24) is 0 Å². The molecule has 0 aromatic rings. The summed E-state index contributed by atoms with van der Waals surface area (Å²) in [6, 6.07) is 0. The Kier molecular flexibility index (Phi) is 21.9.